The van der Waals surface area contributed by atoms with Crippen molar-refractivity contribution in [1.29, 1.82) is 0 Å². The zero-order chi connectivity index (χ0) is 46.4. The summed E-state index contributed by atoms with van der Waals surface area (Å²) in [6.07, 6.45) is -3.02. The summed E-state index contributed by atoms with van der Waals surface area (Å²) < 4.78 is 35.6. The molecule has 0 spiro atoms. The van der Waals surface area contributed by atoms with E-state index in [2.05, 4.69) is 31.2 Å². The van der Waals surface area contributed by atoms with Gasteiger partial charge in [-0.3, -0.25) is 24.5 Å². The van der Waals surface area contributed by atoms with Crippen molar-refractivity contribution in [2.24, 2.45) is 11.8 Å². The second-order valence-electron chi connectivity index (χ2n) is 17.9. The highest BCUT2D eigenvalue weighted by molar-refractivity contribution is 6.31. The standard InChI is InChI=1S/C42H57N7O13Si/c1-22(2)31(46-39(55)57-20-24-14-12-11-13-15-24)35(52)43-18-29(50)60-33-32(41(8,9)62-63-40(5,6)7)61-37(42(33,10)56)49-19-26-27(45-38(54)59-21-58-36(53)23(3)4)16-25-30(26)28(48-49)17-44-47-34(25)51/h11-17,19,22-23,31-33,37,56H,18,20-21,63H2,1-10H3,(H,43,52)(H,45,54)(H,46,55)(H,47,51). The lowest BCUT2D eigenvalue weighted by Gasteiger charge is -2.37. The van der Waals surface area contributed by atoms with Gasteiger partial charge in [-0.15, -0.1) is 0 Å². The van der Waals surface area contributed by atoms with E-state index >= 15 is 0 Å². The molecule has 0 bridgehead atoms. The van der Waals surface area contributed by atoms with Gasteiger partial charge in [0.25, 0.3) is 5.56 Å². The van der Waals surface area contributed by atoms with Gasteiger partial charge in [0, 0.05) is 17.0 Å². The molecule has 1 aliphatic heterocycles. The molecule has 5 atom stereocenters. The van der Waals surface area contributed by atoms with Gasteiger partial charge in [0.1, 0.15) is 36.4 Å². The summed E-state index contributed by atoms with van der Waals surface area (Å²) in [6.45, 7) is 16.4. The second-order valence-corrected chi connectivity index (χ2v) is 20.6. The van der Waals surface area contributed by atoms with Gasteiger partial charge in [-0.05, 0) is 43.4 Å². The highest BCUT2D eigenvalue weighted by Gasteiger charge is 2.61. The molecule has 0 aliphatic carbocycles. The number of hydrogen-bond donors (Lipinski definition) is 5. The quantitative estimate of drug-likeness (QED) is 0.0465. The second kappa shape index (κ2) is 19.6. The van der Waals surface area contributed by atoms with Gasteiger partial charge >= 0.3 is 24.1 Å². The molecule has 2 aromatic heterocycles. The number of H-pyrrole nitrogens is 1. The van der Waals surface area contributed by atoms with Gasteiger partial charge in [-0.1, -0.05) is 78.8 Å². The van der Waals surface area contributed by atoms with Gasteiger partial charge in [0.2, 0.25) is 12.7 Å². The molecule has 20 nitrogen and oxygen atoms in total. The molecule has 5 unspecified atom stereocenters. The fourth-order valence-corrected chi connectivity index (χ4v) is 7.65. The number of amides is 3. The average Bonchev–Trinajstić information content (AvgIpc) is 3.64. The maximum Gasteiger partial charge on any atom is 0.414 e. The van der Waals surface area contributed by atoms with Crippen LogP contribution in [0.5, 0.6) is 0 Å². The minimum absolute atomic E-state index is 0.0121. The van der Waals surface area contributed by atoms with Gasteiger partial charge in [0.05, 0.1) is 28.8 Å². The molecule has 1 saturated heterocycles. The third-order valence-electron chi connectivity index (χ3n) is 10.1. The van der Waals surface area contributed by atoms with Crippen LogP contribution in [0.3, 0.4) is 0 Å². The molecule has 342 valence electrons. The zero-order valence-corrected chi connectivity index (χ0v) is 38.5. The van der Waals surface area contributed by atoms with Crippen LogP contribution in [0.2, 0.25) is 5.04 Å². The number of rotatable bonds is 16. The lowest BCUT2D eigenvalue weighted by Crippen LogP contribution is -2.55. The number of nitrogens with zero attached hydrogens (tertiary/aromatic N) is 3. The Labute approximate surface area is 366 Å². The Morgan fingerprint density at radius 1 is 1.00 bits per heavy atom. The Hall–Kier alpha value is -5.90. The van der Waals surface area contributed by atoms with Crippen LogP contribution in [0, 0.1) is 11.8 Å². The van der Waals surface area contributed by atoms with Crippen LogP contribution in [0.25, 0.3) is 21.7 Å². The molecular formula is C42H57N7O13Si. The van der Waals surface area contributed by atoms with Crippen molar-refractivity contribution in [3.63, 3.8) is 0 Å². The number of alkyl carbamates (subject to hydrolysis) is 1. The first-order valence-electron chi connectivity index (χ1n) is 20.4. The van der Waals surface area contributed by atoms with Crippen molar-refractivity contribution in [3.05, 3.63) is 64.7 Å². The molecule has 63 heavy (non-hydrogen) atoms. The first-order valence-corrected chi connectivity index (χ1v) is 21.7. The molecule has 0 saturated carbocycles. The predicted octanol–water partition coefficient (Wildman–Crippen LogP) is 3.70. The van der Waals surface area contributed by atoms with Crippen LogP contribution < -0.4 is 21.5 Å². The minimum Gasteiger partial charge on any atom is -0.455 e. The number of aromatic nitrogens is 4. The van der Waals surface area contributed by atoms with E-state index < -0.39 is 106 Å². The molecule has 1 fully saturated rings. The summed E-state index contributed by atoms with van der Waals surface area (Å²) in [4.78, 5) is 77.4. The van der Waals surface area contributed by atoms with Crippen LogP contribution in [0.15, 0.2) is 53.6 Å². The largest absolute Gasteiger partial charge is 0.455 e. The molecule has 4 aromatic rings. The van der Waals surface area contributed by atoms with E-state index in [1.165, 1.54) is 30.1 Å². The van der Waals surface area contributed by atoms with Crippen molar-refractivity contribution in [1.82, 2.24) is 30.6 Å². The molecule has 5 N–H and O–H groups in total. The van der Waals surface area contributed by atoms with Gasteiger partial charge in [-0.25, -0.2) is 19.4 Å². The number of ether oxygens (including phenoxy) is 5. The summed E-state index contributed by atoms with van der Waals surface area (Å²) >= 11 is 0. The summed E-state index contributed by atoms with van der Waals surface area (Å²) in [7, 11) is -1.25. The monoisotopic (exact) mass is 895 g/mol. The highest BCUT2D eigenvalue weighted by Crippen LogP contribution is 2.45. The fraction of sp³-hybridized carbons (Fsp3) is 0.524. The van der Waals surface area contributed by atoms with Crippen LogP contribution in [0.4, 0.5) is 15.3 Å². The Morgan fingerprint density at radius 3 is 2.35 bits per heavy atom. The molecule has 1 aliphatic rings. The van der Waals surface area contributed by atoms with Crippen molar-refractivity contribution >= 4 is 67.2 Å². The average molecular weight is 896 g/mol. The van der Waals surface area contributed by atoms with Crippen LogP contribution >= 0.6 is 0 Å². The Bertz CT molecular complexity index is 2360. The molecule has 3 heterocycles. The van der Waals surface area contributed by atoms with Gasteiger partial charge in [0.15, 0.2) is 22.1 Å². The van der Waals surface area contributed by atoms with Crippen molar-refractivity contribution in [2.75, 3.05) is 18.7 Å². The first-order chi connectivity index (χ1) is 29.5. The SMILES string of the molecule is CC(C)C(=O)OCOC(=O)Nc1cc2c(=O)[nH]ncc3nn(C4OC(C(C)(C)O[SiH2]C(C)(C)C)C(OC(=O)CNC(=O)C(NC(=O)OCc5ccccc5)C(C)C)C4(C)O)cc1c32. The number of carbonyl (C=O) groups excluding carboxylic acids is 5. The summed E-state index contributed by atoms with van der Waals surface area (Å²) in [6, 6.07) is 9.34. The lowest BCUT2D eigenvalue weighted by molar-refractivity contribution is -0.168. The maximum absolute atomic E-state index is 13.6. The number of nitrogens with one attached hydrogen (secondary N) is 4. The number of esters is 2. The van der Waals surface area contributed by atoms with Crippen LogP contribution in [-0.2, 0) is 49.1 Å². The number of aliphatic hydroxyl groups is 1. The number of aromatic amines is 1. The number of anilines is 1. The number of carbonyl (C=O) groups is 5. The van der Waals surface area contributed by atoms with Crippen LogP contribution in [-0.4, -0.2) is 108 Å². The first kappa shape index (κ1) is 48.1. The molecule has 0 radical (unpaired) electrons. The number of hydrogen-bond acceptors (Lipinski definition) is 15. The Balaban J connectivity index is 1.41. The van der Waals surface area contributed by atoms with E-state index in [1.807, 2.05) is 26.8 Å². The van der Waals surface area contributed by atoms with Crippen molar-refractivity contribution in [3.8, 4) is 0 Å². The summed E-state index contributed by atoms with van der Waals surface area (Å²) in [5.41, 5.74) is -2.78. The maximum atomic E-state index is 13.6. The highest BCUT2D eigenvalue weighted by atomic mass is 28.2. The van der Waals surface area contributed by atoms with Crippen molar-refractivity contribution in [2.45, 2.75) is 117 Å². The molecular weight excluding hydrogens is 839 g/mol. The normalized spacial score (nSPS) is 19.7. The van der Waals surface area contributed by atoms with Gasteiger partial charge in [-0.2, -0.15) is 10.2 Å². The van der Waals surface area contributed by atoms with E-state index in [0.29, 0.717) is 5.39 Å². The lowest BCUT2D eigenvalue weighted by atomic mass is 9.89. The predicted molar refractivity (Wildman–Crippen MR) is 231 cm³/mol. The molecule has 3 amide bonds. The summed E-state index contributed by atoms with van der Waals surface area (Å²) in [5.74, 6) is -3.02. The molecule has 2 aromatic carbocycles. The smallest absolute Gasteiger partial charge is 0.414 e. The van der Waals surface area contributed by atoms with Crippen molar-refractivity contribution < 1.29 is 57.2 Å². The third-order valence-corrected chi connectivity index (χ3v) is 11.8. The van der Waals surface area contributed by atoms with E-state index in [-0.39, 0.29) is 33.6 Å². The van der Waals surface area contributed by atoms with Crippen LogP contribution in [0.1, 0.15) is 81.0 Å². The Morgan fingerprint density at radius 2 is 1.70 bits per heavy atom. The van der Waals surface area contributed by atoms with E-state index in [0.717, 1.165) is 5.56 Å². The van der Waals surface area contributed by atoms with E-state index in [9.17, 15) is 33.9 Å². The zero-order valence-electron chi connectivity index (χ0n) is 37.1. The third kappa shape index (κ3) is 12.0. The van der Waals surface area contributed by atoms with E-state index in [4.69, 9.17) is 28.1 Å². The molecule has 21 heteroatoms. The fourth-order valence-electron chi connectivity index (χ4n) is 6.68. The topological polar surface area (TPSA) is 261 Å². The summed E-state index contributed by atoms with van der Waals surface area (Å²) in [5, 5.41) is 31.6. The number of benzene rings is 1. The van der Waals surface area contributed by atoms with E-state index in [1.54, 1.807) is 65.8 Å². The minimum atomic E-state index is -2.05. The Kier molecular flexibility index (Phi) is 15.0. The van der Waals surface area contributed by atoms with Gasteiger partial charge < -0.3 is 43.9 Å². The molecule has 5 rings (SSSR count).